The Hall–Kier alpha value is -3.87. The van der Waals surface area contributed by atoms with E-state index in [2.05, 4.69) is 5.10 Å². The number of nitrogens with one attached hydrogen (secondary N) is 1. The Morgan fingerprint density at radius 1 is 0.838 bits per heavy atom. The molecular formula is C24H17F6N3O3S. The zero-order valence-corrected chi connectivity index (χ0v) is 19.4. The molecule has 0 aromatic heterocycles. The van der Waals surface area contributed by atoms with Gasteiger partial charge in [0, 0.05) is 12.0 Å². The molecule has 1 heterocycles. The average Bonchev–Trinajstić information content (AvgIpc) is 3.30. The van der Waals surface area contributed by atoms with Crippen molar-refractivity contribution >= 4 is 27.3 Å². The van der Waals surface area contributed by atoms with Gasteiger partial charge in [-0.15, -0.1) is 0 Å². The van der Waals surface area contributed by atoms with Gasteiger partial charge in [0.2, 0.25) is 0 Å². The predicted octanol–water partition coefficient (Wildman–Crippen LogP) is 5.69. The summed E-state index contributed by atoms with van der Waals surface area (Å²) in [5, 5.41) is 4.94. The lowest BCUT2D eigenvalue weighted by Gasteiger charge is -2.24. The van der Waals surface area contributed by atoms with E-state index in [9.17, 15) is 39.6 Å². The van der Waals surface area contributed by atoms with Crippen molar-refractivity contribution in [3.8, 4) is 0 Å². The summed E-state index contributed by atoms with van der Waals surface area (Å²) in [4.78, 5) is 11.9. The first-order chi connectivity index (χ1) is 17.3. The molecule has 1 N–H and O–H groups in total. The van der Waals surface area contributed by atoms with Crippen LogP contribution in [0.1, 0.15) is 33.9 Å². The third kappa shape index (κ3) is 5.77. The Labute approximate surface area is 207 Å². The predicted molar refractivity (Wildman–Crippen MR) is 122 cm³/mol. The molecule has 0 saturated carbocycles. The Morgan fingerprint density at radius 3 is 1.97 bits per heavy atom. The van der Waals surface area contributed by atoms with Gasteiger partial charge in [0.05, 0.1) is 22.2 Å². The van der Waals surface area contributed by atoms with E-state index >= 15 is 0 Å². The van der Waals surface area contributed by atoms with E-state index in [1.165, 1.54) is 17.1 Å². The summed E-state index contributed by atoms with van der Waals surface area (Å²) in [6.07, 6.45) is -9.73. The smallest absolute Gasteiger partial charge is 0.268 e. The molecule has 194 valence electrons. The van der Waals surface area contributed by atoms with Gasteiger partial charge in [-0.25, -0.2) is 13.1 Å². The van der Waals surface area contributed by atoms with E-state index in [0.29, 0.717) is 23.4 Å². The van der Waals surface area contributed by atoms with Crippen LogP contribution in [0.4, 0.5) is 32.0 Å². The van der Waals surface area contributed by atoms with Gasteiger partial charge < -0.3 is 0 Å². The molecule has 13 heteroatoms. The van der Waals surface area contributed by atoms with Crippen LogP contribution in [0.25, 0.3) is 0 Å². The fraction of sp³-hybridized carbons (Fsp3) is 0.167. The number of amides is 1. The first kappa shape index (κ1) is 26.2. The fourth-order valence-electron chi connectivity index (χ4n) is 3.68. The van der Waals surface area contributed by atoms with Gasteiger partial charge >= 0.3 is 12.4 Å². The molecule has 1 aliphatic rings. The lowest BCUT2D eigenvalue weighted by Crippen LogP contribution is -2.30. The van der Waals surface area contributed by atoms with Crippen LogP contribution in [0.2, 0.25) is 0 Å². The number of anilines is 1. The minimum atomic E-state index is -4.65. The number of hydrogen-bond acceptors (Lipinski definition) is 5. The van der Waals surface area contributed by atoms with E-state index in [0.717, 1.165) is 24.3 Å². The number of halogens is 6. The average molecular weight is 541 g/mol. The van der Waals surface area contributed by atoms with E-state index in [1.807, 2.05) is 0 Å². The van der Waals surface area contributed by atoms with E-state index in [1.54, 1.807) is 35.1 Å². The second kappa shape index (κ2) is 9.54. The zero-order valence-electron chi connectivity index (χ0n) is 18.6. The largest absolute Gasteiger partial charge is 0.431 e. The molecule has 0 fully saturated rings. The van der Waals surface area contributed by atoms with Gasteiger partial charge in [0.1, 0.15) is 5.71 Å². The van der Waals surface area contributed by atoms with Crippen LogP contribution in [-0.4, -0.2) is 26.2 Å². The van der Waals surface area contributed by atoms with Crippen LogP contribution in [0.3, 0.4) is 0 Å². The molecule has 3 aromatic rings. The van der Waals surface area contributed by atoms with Crippen molar-refractivity contribution in [3.63, 3.8) is 0 Å². The summed E-state index contributed by atoms with van der Waals surface area (Å²) in [5.41, 5.74) is -1.54. The molecule has 0 saturated heterocycles. The van der Waals surface area contributed by atoms with Crippen LogP contribution in [0, 0.1) is 0 Å². The van der Waals surface area contributed by atoms with Crippen LogP contribution >= 0.6 is 0 Å². The molecule has 0 radical (unpaired) electrons. The molecular weight excluding hydrogens is 524 g/mol. The Bertz CT molecular complexity index is 1420. The molecule has 6 nitrogen and oxygen atoms in total. The van der Waals surface area contributed by atoms with Crippen molar-refractivity contribution in [1.29, 1.82) is 0 Å². The number of benzene rings is 3. The van der Waals surface area contributed by atoms with Crippen molar-refractivity contribution in [1.82, 2.24) is 4.72 Å². The Balaban J connectivity index is 1.54. The molecule has 3 aromatic carbocycles. The quantitative estimate of drug-likeness (QED) is 0.421. The number of rotatable bonds is 5. The number of para-hydroxylation sites is 1. The SMILES string of the molecule is O=C(NS(=O)(=O)c1ccc(C2CC(C(F)(F)F)=NN2c2ccccc2)cc1)c1ccc(C(F)(F)F)cc1. The number of hydrazone groups is 1. The molecule has 0 bridgehead atoms. The minimum Gasteiger partial charge on any atom is -0.268 e. The van der Waals surface area contributed by atoms with Crippen LogP contribution in [-0.2, 0) is 16.2 Å². The van der Waals surface area contributed by atoms with E-state index in [4.69, 9.17) is 0 Å². The number of sulfonamides is 1. The summed E-state index contributed by atoms with van der Waals surface area (Å²) in [5.74, 6) is -1.15. The van der Waals surface area contributed by atoms with Gasteiger partial charge in [-0.05, 0) is 54.1 Å². The summed E-state index contributed by atoms with van der Waals surface area (Å²) < 4.78 is 105. The highest BCUT2D eigenvalue weighted by atomic mass is 32.2. The Kier molecular flexibility index (Phi) is 6.76. The molecule has 1 atom stereocenters. The highest BCUT2D eigenvalue weighted by Gasteiger charge is 2.43. The molecule has 4 rings (SSSR count). The maximum atomic E-state index is 13.4. The maximum Gasteiger partial charge on any atom is 0.431 e. The second-order valence-electron chi connectivity index (χ2n) is 8.02. The van der Waals surface area contributed by atoms with Crippen molar-refractivity contribution in [2.75, 3.05) is 5.01 Å². The maximum absolute atomic E-state index is 13.4. The third-order valence-electron chi connectivity index (χ3n) is 5.53. The van der Waals surface area contributed by atoms with Crippen molar-refractivity contribution in [2.45, 2.75) is 29.7 Å². The number of carbonyl (C=O) groups excluding carboxylic acids is 1. The van der Waals surface area contributed by atoms with Crippen LogP contribution < -0.4 is 9.73 Å². The third-order valence-corrected chi connectivity index (χ3v) is 6.88. The molecule has 37 heavy (non-hydrogen) atoms. The van der Waals surface area contributed by atoms with Gasteiger partial charge in [-0.1, -0.05) is 30.3 Å². The molecule has 1 unspecified atom stereocenters. The zero-order chi connectivity index (χ0) is 27.0. The summed E-state index contributed by atoms with van der Waals surface area (Å²) in [6, 6.07) is 15.1. The number of carbonyl (C=O) groups is 1. The first-order valence-corrected chi connectivity index (χ1v) is 12.1. The fourth-order valence-corrected chi connectivity index (χ4v) is 4.65. The topological polar surface area (TPSA) is 78.8 Å². The van der Waals surface area contributed by atoms with Gasteiger partial charge in [-0.3, -0.25) is 9.80 Å². The highest BCUT2D eigenvalue weighted by molar-refractivity contribution is 7.90. The second-order valence-corrected chi connectivity index (χ2v) is 9.71. The first-order valence-electron chi connectivity index (χ1n) is 10.6. The molecule has 1 aliphatic heterocycles. The lowest BCUT2D eigenvalue weighted by atomic mass is 10.0. The summed E-state index contributed by atoms with van der Waals surface area (Å²) in [6.45, 7) is 0. The standard InChI is InChI=1S/C24H17F6N3O3S/c25-23(26,27)17-10-6-16(7-11-17)22(34)32-37(35,36)19-12-8-15(9-13-19)20-14-21(24(28,29)30)31-33(20)18-4-2-1-3-5-18/h1-13,20H,14H2,(H,32,34). The molecule has 0 aliphatic carbocycles. The summed E-state index contributed by atoms with van der Waals surface area (Å²) >= 11 is 0. The Morgan fingerprint density at radius 2 is 1.43 bits per heavy atom. The molecule has 0 spiro atoms. The van der Waals surface area contributed by atoms with Crippen molar-refractivity contribution in [2.24, 2.45) is 5.10 Å². The summed E-state index contributed by atoms with van der Waals surface area (Å²) in [7, 11) is -4.43. The van der Waals surface area contributed by atoms with E-state index < -0.39 is 52.0 Å². The van der Waals surface area contributed by atoms with Gasteiger partial charge in [0.25, 0.3) is 15.9 Å². The monoisotopic (exact) mass is 541 g/mol. The minimum absolute atomic E-state index is 0.311. The van der Waals surface area contributed by atoms with Crippen molar-refractivity contribution in [3.05, 3.63) is 95.6 Å². The van der Waals surface area contributed by atoms with Gasteiger partial charge in [0.15, 0.2) is 0 Å². The number of hydrogen-bond donors (Lipinski definition) is 1. The van der Waals surface area contributed by atoms with Crippen LogP contribution in [0.15, 0.2) is 88.9 Å². The highest BCUT2D eigenvalue weighted by Crippen LogP contribution is 2.39. The normalized spacial score (nSPS) is 16.4. The number of nitrogens with zero attached hydrogens (tertiary/aromatic N) is 2. The van der Waals surface area contributed by atoms with Gasteiger partial charge in [-0.2, -0.15) is 31.4 Å². The van der Waals surface area contributed by atoms with Crippen molar-refractivity contribution < 1.29 is 39.6 Å². The molecule has 1 amide bonds. The van der Waals surface area contributed by atoms with Crippen LogP contribution in [0.5, 0.6) is 0 Å². The lowest BCUT2D eigenvalue weighted by molar-refractivity contribution is -0.137. The number of alkyl halides is 6. The van der Waals surface area contributed by atoms with E-state index in [-0.39, 0.29) is 10.5 Å².